The normalized spacial score (nSPS) is 13.9. The Kier molecular flexibility index (Phi) is 67.4. The van der Waals surface area contributed by atoms with Gasteiger partial charge in [0.05, 0.1) is 165 Å². The Hall–Kier alpha value is -9.86. The maximum Gasteiger partial charge on any atom is 0.245 e. The first-order valence-electron chi connectivity index (χ1n) is 49.1. The number of aliphatic imine (C=N–C) groups is 2. The number of carbonyl (C=O) groups excluding carboxylic acids is 12. The molecule has 12 amide bonds. The fourth-order valence-corrected chi connectivity index (χ4v) is 14.2. The van der Waals surface area contributed by atoms with Crippen molar-refractivity contribution in [1.82, 2.24) is 52.8 Å². The highest BCUT2D eigenvalue weighted by Crippen LogP contribution is 2.23. The number of unbranched alkanes of at least 4 members (excludes halogenated alkanes) is 12. The first-order chi connectivity index (χ1) is 66.3. The van der Waals surface area contributed by atoms with Gasteiger partial charge in [-0.25, -0.2) is 0 Å². The van der Waals surface area contributed by atoms with Gasteiger partial charge in [-0.1, -0.05) is 158 Å². The molecule has 0 spiro atoms. The summed E-state index contributed by atoms with van der Waals surface area (Å²) in [5, 5.41) is 24.4. The lowest BCUT2D eigenvalue weighted by molar-refractivity contribution is -0.143. The molecule has 1 aliphatic rings. The van der Waals surface area contributed by atoms with Crippen LogP contribution < -0.4 is 82.3 Å². The molecule has 0 radical (unpaired) electrons. The number of hydrogen-bond acceptors (Lipinski definition) is 26. The molecule has 1 aliphatic heterocycles. The van der Waals surface area contributed by atoms with Gasteiger partial charge in [0, 0.05) is 51.9 Å². The quantitative estimate of drug-likeness (QED) is 0.0255. The van der Waals surface area contributed by atoms with Gasteiger partial charge in [0.2, 0.25) is 70.9 Å². The lowest BCUT2D eigenvalue weighted by Gasteiger charge is -2.31. The van der Waals surface area contributed by atoms with E-state index in [2.05, 4.69) is 64.8 Å². The number of nitrogens with one attached hydrogen (secondary N) is 9. The molecule has 138 heavy (non-hydrogen) atoms. The van der Waals surface area contributed by atoms with Crippen LogP contribution in [0.25, 0.3) is 0 Å². The second-order valence-corrected chi connectivity index (χ2v) is 35.2. The Morgan fingerprint density at radius 1 is 0.391 bits per heavy atom. The van der Waals surface area contributed by atoms with Crippen molar-refractivity contribution in [2.45, 2.75) is 262 Å². The zero-order chi connectivity index (χ0) is 101. The average molecular weight is 1960 g/mol. The third-order valence-corrected chi connectivity index (χ3v) is 21.9. The van der Waals surface area contributed by atoms with Gasteiger partial charge in [-0.15, -0.1) is 0 Å². The van der Waals surface area contributed by atoms with Gasteiger partial charge in [0.1, 0.15) is 53.4 Å². The van der Waals surface area contributed by atoms with Gasteiger partial charge in [0.15, 0.2) is 11.9 Å². The number of primary amides is 2. The number of hydrogen-bond donors (Lipinski definition) is 15. The van der Waals surface area contributed by atoms with E-state index >= 15 is 9.59 Å². The molecule has 7 atom stereocenters. The van der Waals surface area contributed by atoms with Gasteiger partial charge in [-0.3, -0.25) is 67.5 Å². The minimum atomic E-state index is -1.64. The zero-order valence-electron chi connectivity index (χ0n) is 83.0. The summed E-state index contributed by atoms with van der Waals surface area (Å²) in [4.78, 5) is 175. The molecule has 1 saturated heterocycles. The first-order valence-corrected chi connectivity index (χ1v) is 49.1. The van der Waals surface area contributed by atoms with E-state index in [9.17, 15) is 47.9 Å². The Bertz CT molecular complexity index is 3800. The molecule has 3 rings (SSSR count). The number of ether oxygens (including phenoxy) is 12. The van der Waals surface area contributed by atoms with Gasteiger partial charge < -0.3 is 144 Å². The maximum absolute atomic E-state index is 15.1. The Balaban J connectivity index is 1.37. The Morgan fingerprint density at radius 2 is 0.761 bits per heavy atom. The molecule has 1 heterocycles. The number of guanidine groups is 2. The summed E-state index contributed by atoms with van der Waals surface area (Å²) in [6, 6.07) is 7.72. The Labute approximate surface area is 815 Å². The summed E-state index contributed by atoms with van der Waals surface area (Å²) < 4.78 is 66.9. The van der Waals surface area contributed by atoms with E-state index in [1.54, 1.807) is 60.7 Å². The Morgan fingerprint density at radius 3 is 1.17 bits per heavy atom. The summed E-state index contributed by atoms with van der Waals surface area (Å²) in [5.74, 6) is -9.64. The minimum Gasteiger partial charge on any atom is -0.379 e. The molecule has 42 nitrogen and oxygen atoms in total. The molecule has 2 aromatic carbocycles. The summed E-state index contributed by atoms with van der Waals surface area (Å²) >= 11 is 0. The number of amides is 12. The molecule has 21 N–H and O–H groups in total. The number of likely N-dealkylation sites (tertiary alicyclic amines) is 1. The predicted molar refractivity (Wildman–Crippen MR) is 521 cm³/mol. The van der Waals surface area contributed by atoms with Crippen molar-refractivity contribution >= 4 is 82.8 Å². The van der Waals surface area contributed by atoms with Crippen molar-refractivity contribution in [3.8, 4) is 0 Å². The molecule has 784 valence electrons. The summed E-state index contributed by atoms with van der Waals surface area (Å²) in [5.41, 5.74) is 31.4. The minimum absolute atomic E-state index is 0.00131. The van der Waals surface area contributed by atoms with E-state index in [-0.39, 0.29) is 121 Å². The second kappa shape index (κ2) is 76.0. The van der Waals surface area contributed by atoms with Crippen molar-refractivity contribution in [2.75, 3.05) is 185 Å². The molecule has 0 aromatic heterocycles. The summed E-state index contributed by atoms with van der Waals surface area (Å²) in [6.07, 6.45) is 16.7. The number of benzene rings is 2. The van der Waals surface area contributed by atoms with Crippen molar-refractivity contribution in [3.05, 3.63) is 71.8 Å². The SMILES string of the molecule is CCCCCCCCCCCCCCCC(=O)NCCOCCOCCOCCOCCOCCOCCOCCOCCOCCOCCOCCOCCC(=O)NC(C)(C)C(=O)N[C@@H](Cc1ccccc1)C(=O)N[C@H](CC(C)C)C(=O)N[C@H](Cc1ccccc1)C(=O)N[C@H](CCCN=C(N)N)C(=O)N1CCC[C@@H]1C(=O)N[C@H](CCCN=C(N)N)C(=O)N[C@H](CC(N)=O)C(=O)NC(C)(C)C(N)=O. The van der Waals surface area contributed by atoms with E-state index in [0.717, 1.165) is 12.8 Å². The van der Waals surface area contributed by atoms with Crippen molar-refractivity contribution in [2.24, 2.45) is 50.3 Å². The van der Waals surface area contributed by atoms with Crippen LogP contribution in [-0.2, 0) is 127 Å². The van der Waals surface area contributed by atoms with Crippen LogP contribution in [0.1, 0.15) is 207 Å². The highest BCUT2D eigenvalue weighted by atomic mass is 16.6. The molecule has 1 fully saturated rings. The number of carbonyl (C=O) groups is 12. The first kappa shape index (κ1) is 122. The summed E-state index contributed by atoms with van der Waals surface area (Å²) in [6.45, 7) is 21.1. The topological polar surface area (TPSA) is 608 Å². The van der Waals surface area contributed by atoms with E-state index in [0.29, 0.717) is 169 Å². The molecule has 0 aliphatic carbocycles. The van der Waals surface area contributed by atoms with Crippen LogP contribution in [0.2, 0.25) is 0 Å². The van der Waals surface area contributed by atoms with Crippen LogP contribution in [0, 0.1) is 5.92 Å². The molecule has 42 heteroatoms. The summed E-state index contributed by atoms with van der Waals surface area (Å²) in [7, 11) is 0. The maximum atomic E-state index is 15.1. The van der Waals surface area contributed by atoms with Crippen molar-refractivity contribution < 1.29 is 114 Å². The van der Waals surface area contributed by atoms with Gasteiger partial charge >= 0.3 is 0 Å². The standard InChI is InChI=1S/C96H166N18O24/c1-8-9-10-11-12-13-14-15-16-17-18-19-26-37-82(116)103-41-44-128-46-48-130-50-52-132-54-56-134-58-60-136-62-64-138-66-65-137-63-61-135-59-57-133-55-53-131-51-49-129-47-45-127-43-38-83(117)112-96(6,7)92(126)111-78(69-73-32-24-21-25-33-73)87(121)108-76(67-71(2)3)85(119)109-77(68-72-30-22-20-23-31-72)86(120)107-75(35-28-40-105-94(101)102)90(124)114-42-29-36-80(114)89(123)106-74(34-27-39-104-93(99)100)84(118)110-79(70-81(97)115)88(122)113-95(4,5)91(98)125/h20-25,30-33,71,74-80H,8-19,26-29,34-70H2,1-7H3,(H2,97,115)(H2,98,125)(H,103,116)(H,106,123)(H,107,120)(H,108,121)(H,109,119)(H,110,118)(H,111,126)(H,112,117)(H,113,122)(H4,99,100,104)(H4,101,102,105)/t74-,75-,76-,77-,78+,79-,80-/m1/s1. The van der Waals surface area contributed by atoms with Gasteiger partial charge in [-0.05, 0) is 96.1 Å². The molecule has 2 aromatic rings. The number of rotatable bonds is 86. The van der Waals surface area contributed by atoms with Crippen molar-refractivity contribution in [1.29, 1.82) is 0 Å². The third kappa shape index (κ3) is 60.2. The van der Waals surface area contributed by atoms with Crippen LogP contribution in [0.4, 0.5) is 0 Å². The highest BCUT2D eigenvalue weighted by molar-refractivity contribution is 6.00. The monoisotopic (exact) mass is 1960 g/mol. The van der Waals surface area contributed by atoms with Gasteiger partial charge in [0.25, 0.3) is 0 Å². The second-order valence-electron chi connectivity index (χ2n) is 35.2. The lowest BCUT2D eigenvalue weighted by Crippen LogP contribution is -2.62. The molecule has 0 saturated carbocycles. The largest absolute Gasteiger partial charge is 0.379 e. The average Bonchev–Trinajstić information content (AvgIpc) is 1.62. The van der Waals surface area contributed by atoms with Crippen molar-refractivity contribution in [3.63, 3.8) is 0 Å². The van der Waals surface area contributed by atoms with E-state index in [4.69, 9.17) is 91.2 Å². The molecule has 0 bridgehead atoms. The van der Waals surface area contributed by atoms with Crippen LogP contribution in [0.3, 0.4) is 0 Å². The van der Waals surface area contributed by atoms with E-state index in [1.165, 1.54) is 103 Å². The van der Waals surface area contributed by atoms with E-state index in [1.807, 2.05) is 13.8 Å². The zero-order valence-corrected chi connectivity index (χ0v) is 83.0. The van der Waals surface area contributed by atoms with Crippen LogP contribution in [-0.4, -0.2) is 326 Å². The van der Waals surface area contributed by atoms with Crippen LogP contribution >= 0.6 is 0 Å². The number of nitrogens with two attached hydrogens (primary N) is 6. The smallest absolute Gasteiger partial charge is 0.245 e. The predicted octanol–water partition coefficient (Wildman–Crippen LogP) is 1.86. The highest BCUT2D eigenvalue weighted by Gasteiger charge is 2.42. The molecular weight excluding hydrogens is 1790 g/mol. The van der Waals surface area contributed by atoms with E-state index < -0.39 is 125 Å². The fourth-order valence-electron chi connectivity index (χ4n) is 14.2. The lowest BCUT2D eigenvalue weighted by atomic mass is 9.98. The molecule has 0 unspecified atom stereocenters. The number of nitrogens with zero attached hydrogens (tertiary/aromatic N) is 3. The van der Waals surface area contributed by atoms with Crippen LogP contribution in [0.5, 0.6) is 0 Å². The van der Waals surface area contributed by atoms with Crippen LogP contribution in [0.15, 0.2) is 70.6 Å². The third-order valence-electron chi connectivity index (χ3n) is 21.9. The molecular formula is C96H166N18O24. The van der Waals surface area contributed by atoms with Gasteiger partial charge in [-0.2, -0.15) is 0 Å². The fraction of sp³-hybridized carbons (Fsp3) is 0.729.